The summed E-state index contributed by atoms with van der Waals surface area (Å²) in [4.78, 5) is 5.59. The molecular weight excluding hydrogens is 240 g/mol. The van der Waals surface area contributed by atoms with E-state index in [9.17, 15) is 0 Å². The molecule has 0 bridgehead atoms. The highest BCUT2D eigenvalue weighted by atomic mass is 16.6. The molecule has 2 heterocycles. The van der Waals surface area contributed by atoms with Gasteiger partial charge in [-0.1, -0.05) is 0 Å². The van der Waals surface area contributed by atoms with Gasteiger partial charge < -0.3 is 10.2 Å². The van der Waals surface area contributed by atoms with Gasteiger partial charge in [0.15, 0.2) is 0 Å². The zero-order valence-electron chi connectivity index (χ0n) is 11.6. The Hall–Kier alpha value is -0.200. The lowest BCUT2D eigenvalue weighted by Crippen LogP contribution is -2.43. The summed E-state index contributed by atoms with van der Waals surface area (Å²) in [6, 6.07) is 0.536. The minimum Gasteiger partial charge on any atom is -0.310 e. The highest BCUT2D eigenvalue weighted by Gasteiger charge is 2.55. The molecule has 19 heavy (non-hydrogen) atoms. The van der Waals surface area contributed by atoms with Crippen LogP contribution in [0, 0.1) is 0 Å². The van der Waals surface area contributed by atoms with E-state index in [-0.39, 0.29) is 0 Å². The molecule has 5 heteroatoms. The van der Waals surface area contributed by atoms with Crippen LogP contribution in [0.5, 0.6) is 0 Å². The van der Waals surface area contributed by atoms with Crippen LogP contribution in [-0.4, -0.2) is 43.0 Å². The highest BCUT2D eigenvalue weighted by Crippen LogP contribution is 2.44. The summed E-state index contributed by atoms with van der Waals surface area (Å²) in [6.45, 7) is 2.85. The van der Waals surface area contributed by atoms with Crippen LogP contribution in [0.1, 0.15) is 44.9 Å². The maximum Gasteiger partial charge on any atom is 0.0807 e. The molecule has 3 atom stereocenters. The van der Waals surface area contributed by atoms with Gasteiger partial charge in [-0.05, 0) is 51.5 Å². The Bertz CT molecular complexity index is 332. The third-order valence-corrected chi connectivity index (χ3v) is 5.42. The van der Waals surface area contributed by atoms with Gasteiger partial charge in [0.25, 0.3) is 0 Å². The topological polar surface area (TPSA) is 57.4 Å². The molecule has 4 aliphatic rings. The average molecular weight is 266 g/mol. The zero-order chi connectivity index (χ0) is 12.8. The van der Waals surface area contributed by atoms with Crippen LogP contribution < -0.4 is 21.4 Å². The maximum absolute atomic E-state index is 5.59. The van der Waals surface area contributed by atoms with Crippen LogP contribution >= 0.6 is 0 Å². The van der Waals surface area contributed by atoms with Crippen LogP contribution in [-0.2, 0) is 4.84 Å². The van der Waals surface area contributed by atoms with Gasteiger partial charge in [-0.2, -0.15) is 5.48 Å². The van der Waals surface area contributed by atoms with E-state index in [1.54, 1.807) is 0 Å². The summed E-state index contributed by atoms with van der Waals surface area (Å²) in [5.41, 5.74) is 4.14. The van der Waals surface area contributed by atoms with Gasteiger partial charge in [0.2, 0.25) is 0 Å². The lowest BCUT2D eigenvalue weighted by Gasteiger charge is -2.15. The molecule has 0 aromatic rings. The van der Waals surface area contributed by atoms with E-state index >= 15 is 0 Å². The third-order valence-electron chi connectivity index (χ3n) is 5.42. The predicted molar refractivity (Wildman–Crippen MR) is 73.6 cm³/mol. The second kappa shape index (κ2) is 4.67. The summed E-state index contributed by atoms with van der Waals surface area (Å²) in [6.07, 6.45) is 9.72. The second-order valence-corrected chi connectivity index (χ2v) is 6.88. The molecule has 2 spiro atoms. The minimum absolute atomic E-state index is 0.388. The van der Waals surface area contributed by atoms with Crippen LogP contribution in [0.4, 0.5) is 0 Å². The Morgan fingerprint density at radius 2 is 2.16 bits per heavy atom. The van der Waals surface area contributed by atoms with Gasteiger partial charge in [0.05, 0.1) is 18.8 Å². The summed E-state index contributed by atoms with van der Waals surface area (Å²) < 4.78 is 0. The Labute approximate surface area is 115 Å². The molecule has 2 aliphatic carbocycles. The Morgan fingerprint density at radius 1 is 1.21 bits per heavy atom. The number of rotatable bonds is 6. The molecule has 5 nitrogen and oxygen atoms in total. The molecule has 4 N–H and O–H groups in total. The van der Waals surface area contributed by atoms with Crippen molar-refractivity contribution in [1.29, 1.82) is 0 Å². The van der Waals surface area contributed by atoms with Crippen LogP contribution in [0.25, 0.3) is 0 Å². The van der Waals surface area contributed by atoms with Crippen LogP contribution in [0.3, 0.4) is 0 Å². The number of hydrogen-bond donors (Lipinski definition) is 4. The van der Waals surface area contributed by atoms with Crippen molar-refractivity contribution in [2.75, 3.05) is 19.7 Å². The lowest BCUT2D eigenvalue weighted by atomic mass is 10.2. The monoisotopic (exact) mass is 266 g/mol. The lowest BCUT2D eigenvalue weighted by molar-refractivity contribution is 0.0321. The summed E-state index contributed by atoms with van der Waals surface area (Å²) in [5.74, 6) is 0. The second-order valence-electron chi connectivity index (χ2n) is 6.88. The molecule has 108 valence electrons. The predicted octanol–water partition coefficient (Wildman–Crippen LogP) is 0.234. The molecule has 0 amide bonds. The van der Waals surface area contributed by atoms with Gasteiger partial charge in [-0.3, -0.25) is 10.6 Å². The molecule has 0 aromatic carbocycles. The third kappa shape index (κ3) is 2.54. The molecule has 3 unspecified atom stereocenters. The van der Waals surface area contributed by atoms with E-state index in [1.165, 1.54) is 51.5 Å². The molecule has 2 aliphatic heterocycles. The van der Waals surface area contributed by atoms with Gasteiger partial charge in [0, 0.05) is 17.6 Å². The van der Waals surface area contributed by atoms with Gasteiger partial charge in [0.1, 0.15) is 0 Å². The molecular formula is C14H26N4O. The fourth-order valence-electron chi connectivity index (χ4n) is 3.84. The van der Waals surface area contributed by atoms with E-state index in [0.717, 1.165) is 13.2 Å². The standard InChI is InChI=1S/C14H26N4O/c1-3-14(16-7-1)10-11(14)18-19-9-8-15-12-2-4-13(17-12)5-6-13/h11-12,15-18H,1-10H2. The molecule has 2 saturated heterocycles. The van der Waals surface area contributed by atoms with Crippen molar-refractivity contribution < 1.29 is 4.84 Å². The Balaban J connectivity index is 1.07. The fourth-order valence-corrected chi connectivity index (χ4v) is 3.84. The van der Waals surface area contributed by atoms with Crippen LogP contribution in [0.2, 0.25) is 0 Å². The number of nitrogens with one attached hydrogen (secondary N) is 4. The summed E-state index contributed by atoms with van der Waals surface area (Å²) in [7, 11) is 0. The zero-order valence-corrected chi connectivity index (χ0v) is 11.6. The molecule has 0 radical (unpaired) electrons. The summed E-state index contributed by atoms with van der Waals surface area (Å²) >= 11 is 0. The SMILES string of the molecule is C1CNC2(C1)CC2NOCCNC1CCC2(CC2)N1. The smallest absolute Gasteiger partial charge is 0.0807 e. The van der Waals surface area contributed by atoms with Crippen molar-refractivity contribution in [2.24, 2.45) is 0 Å². The van der Waals surface area contributed by atoms with Crippen molar-refractivity contribution in [1.82, 2.24) is 21.4 Å². The molecule has 4 fully saturated rings. The normalized spacial score (nSPS) is 42.3. The van der Waals surface area contributed by atoms with Crippen molar-refractivity contribution in [2.45, 2.75) is 68.2 Å². The van der Waals surface area contributed by atoms with Gasteiger partial charge >= 0.3 is 0 Å². The largest absolute Gasteiger partial charge is 0.310 e. The minimum atomic E-state index is 0.388. The Morgan fingerprint density at radius 3 is 2.89 bits per heavy atom. The first kappa shape index (κ1) is 12.5. The van der Waals surface area contributed by atoms with Crippen LogP contribution in [0.15, 0.2) is 0 Å². The average Bonchev–Trinajstić information content (AvgIpc) is 3.15. The number of hydrogen-bond acceptors (Lipinski definition) is 5. The first-order chi connectivity index (χ1) is 9.30. The molecule has 2 saturated carbocycles. The van der Waals surface area contributed by atoms with E-state index in [1.807, 2.05) is 0 Å². The van der Waals surface area contributed by atoms with Crippen molar-refractivity contribution >= 4 is 0 Å². The quantitative estimate of drug-likeness (QED) is 0.410. The van der Waals surface area contributed by atoms with E-state index in [4.69, 9.17) is 4.84 Å². The van der Waals surface area contributed by atoms with Crippen molar-refractivity contribution in [3.63, 3.8) is 0 Å². The van der Waals surface area contributed by atoms with Crippen molar-refractivity contribution in [3.05, 3.63) is 0 Å². The van der Waals surface area contributed by atoms with E-state index < -0.39 is 0 Å². The maximum atomic E-state index is 5.59. The van der Waals surface area contributed by atoms with Crippen molar-refractivity contribution in [3.8, 4) is 0 Å². The number of hydroxylamine groups is 1. The van der Waals surface area contributed by atoms with Gasteiger partial charge in [-0.15, -0.1) is 0 Å². The molecule has 0 aromatic heterocycles. The van der Waals surface area contributed by atoms with Gasteiger partial charge in [-0.25, -0.2) is 0 Å². The molecule has 4 rings (SSSR count). The highest BCUT2D eigenvalue weighted by molar-refractivity contribution is 5.16. The fraction of sp³-hybridized carbons (Fsp3) is 1.00. The Kier molecular flexibility index (Phi) is 3.08. The van der Waals surface area contributed by atoms with E-state index in [0.29, 0.717) is 23.3 Å². The summed E-state index contributed by atoms with van der Waals surface area (Å²) in [5, 5.41) is 10.8. The first-order valence-corrected chi connectivity index (χ1v) is 7.94. The first-order valence-electron chi connectivity index (χ1n) is 7.94. The van der Waals surface area contributed by atoms with E-state index in [2.05, 4.69) is 21.4 Å².